The highest BCUT2D eigenvalue weighted by Crippen LogP contribution is 2.19. The van der Waals surface area contributed by atoms with Crippen LogP contribution in [0.25, 0.3) is 4.96 Å². The van der Waals surface area contributed by atoms with E-state index < -0.39 is 10.8 Å². The number of amides is 1. The average molecular weight is 404 g/mol. The maximum Gasteiger partial charge on any atom is 0.230 e. The number of aromatic nitrogens is 2. The van der Waals surface area contributed by atoms with Crippen molar-refractivity contribution in [2.45, 2.75) is 30.3 Å². The minimum Gasteiger partial charge on any atom is -0.381 e. The van der Waals surface area contributed by atoms with E-state index in [4.69, 9.17) is 4.74 Å². The van der Waals surface area contributed by atoms with Crippen molar-refractivity contribution in [2.24, 2.45) is 0 Å². The molecule has 6 nitrogen and oxygen atoms in total. The van der Waals surface area contributed by atoms with Gasteiger partial charge in [0.1, 0.15) is 0 Å². The minimum absolute atomic E-state index is 0.108. The average Bonchev–Trinajstić information content (AvgIpc) is 3.24. The molecule has 1 aromatic carbocycles. The number of nitrogens with one attached hydrogen (secondary N) is 1. The number of ether oxygens (including phenoxy) is 1. The third-order valence-corrected chi connectivity index (χ3v) is 7.15. The second-order valence-corrected chi connectivity index (χ2v) is 9.18. The number of hydrogen-bond donors (Lipinski definition) is 1. The molecule has 3 aromatic rings. The van der Waals surface area contributed by atoms with E-state index >= 15 is 0 Å². The Morgan fingerprint density at radius 2 is 2.22 bits per heavy atom. The van der Waals surface area contributed by atoms with Crippen molar-refractivity contribution >= 4 is 38.7 Å². The Labute approximate surface area is 164 Å². The molecule has 0 bridgehead atoms. The molecular weight excluding hydrogens is 382 g/mol. The first kappa shape index (κ1) is 18.3. The topological polar surface area (TPSA) is 72.7 Å². The minimum atomic E-state index is -0.919. The lowest BCUT2D eigenvalue weighted by atomic mass is 10.2. The molecule has 27 heavy (non-hydrogen) atoms. The molecule has 0 spiro atoms. The zero-order valence-corrected chi connectivity index (χ0v) is 16.4. The van der Waals surface area contributed by atoms with Crippen LogP contribution in [-0.2, 0) is 32.5 Å². The predicted octanol–water partition coefficient (Wildman–Crippen LogP) is 3.00. The molecule has 142 valence electrons. The van der Waals surface area contributed by atoms with Gasteiger partial charge in [-0.1, -0.05) is 12.1 Å². The first-order chi connectivity index (χ1) is 13.2. The first-order valence-corrected chi connectivity index (χ1v) is 11.2. The molecule has 3 heterocycles. The lowest BCUT2D eigenvalue weighted by molar-refractivity contribution is -0.115. The predicted molar refractivity (Wildman–Crippen MR) is 108 cm³/mol. The van der Waals surface area contributed by atoms with Gasteiger partial charge in [-0.25, -0.2) is 4.98 Å². The standard InChI is InChI=1S/C19H21N3O3S2/c23-18(11-16-12-22-6-9-26-19(22)21-16)20-15-3-1-2-14(10-15)13-27(24)17-4-7-25-8-5-17/h1-3,6,9-10,12,17H,4-5,7-8,11,13H2,(H,20,23). The van der Waals surface area contributed by atoms with Crippen molar-refractivity contribution in [3.63, 3.8) is 0 Å². The van der Waals surface area contributed by atoms with Crippen LogP contribution in [0.1, 0.15) is 24.1 Å². The first-order valence-electron chi connectivity index (χ1n) is 8.92. The number of fused-ring (bicyclic) bond motifs is 1. The molecule has 1 aliphatic rings. The van der Waals surface area contributed by atoms with Gasteiger partial charge in [0, 0.05) is 58.5 Å². The van der Waals surface area contributed by atoms with E-state index in [1.807, 2.05) is 46.4 Å². The Morgan fingerprint density at radius 1 is 1.37 bits per heavy atom. The molecule has 2 aromatic heterocycles. The van der Waals surface area contributed by atoms with Crippen molar-refractivity contribution in [3.05, 3.63) is 53.3 Å². The van der Waals surface area contributed by atoms with E-state index in [-0.39, 0.29) is 17.6 Å². The Kier molecular flexibility index (Phi) is 5.66. The second kappa shape index (κ2) is 8.33. The van der Waals surface area contributed by atoms with Crippen LogP contribution in [0.5, 0.6) is 0 Å². The number of thiazole rings is 1. The SMILES string of the molecule is O=C(Cc1cn2ccsc2n1)Nc1cccc(CS(=O)C2CCOCC2)c1. The van der Waals surface area contributed by atoms with E-state index in [2.05, 4.69) is 10.3 Å². The van der Waals surface area contributed by atoms with Gasteiger partial charge in [0.05, 0.1) is 12.1 Å². The van der Waals surface area contributed by atoms with Crippen molar-refractivity contribution in [2.75, 3.05) is 18.5 Å². The third kappa shape index (κ3) is 4.63. The summed E-state index contributed by atoms with van der Waals surface area (Å²) in [5, 5.41) is 5.08. The van der Waals surface area contributed by atoms with Gasteiger partial charge in [-0.3, -0.25) is 13.4 Å². The molecule has 4 rings (SSSR count). The summed E-state index contributed by atoms with van der Waals surface area (Å²) in [6.07, 6.45) is 5.73. The maximum absolute atomic E-state index is 12.6. The lowest BCUT2D eigenvalue weighted by Gasteiger charge is -2.21. The highest BCUT2D eigenvalue weighted by molar-refractivity contribution is 7.84. The van der Waals surface area contributed by atoms with Gasteiger partial charge in [-0.2, -0.15) is 0 Å². The van der Waals surface area contributed by atoms with Crippen LogP contribution in [0.15, 0.2) is 42.0 Å². The quantitative estimate of drug-likeness (QED) is 0.687. The van der Waals surface area contributed by atoms with Crippen LogP contribution in [0.4, 0.5) is 5.69 Å². The van der Waals surface area contributed by atoms with E-state index in [1.165, 1.54) is 0 Å². The number of carbonyl (C=O) groups excluding carboxylic acids is 1. The van der Waals surface area contributed by atoms with Gasteiger partial charge < -0.3 is 10.1 Å². The summed E-state index contributed by atoms with van der Waals surface area (Å²) in [6.45, 7) is 1.39. The van der Waals surface area contributed by atoms with Gasteiger partial charge in [-0.05, 0) is 30.5 Å². The van der Waals surface area contributed by atoms with Gasteiger partial charge in [0.15, 0.2) is 4.96 Å². The van der Waals surface area contributed by atoms with Gasteiger partial charge in [0.2, 0.25) is 5.91 Å². The normalized spacial score (nSPS) is 16.4. The zero-order valence-electron chi connectivity index (χ0n) is 14.8. The Balaban J connectivity index is 1.36. The number of hydrogen-bond acceptors (Lipinski definition) is 5. The van der Waals surface area contributed by atoms with Crippen molar-refractivity contribution in [1.29, 1.82) is 0 Å². The molecule has 0 radical (unpaired) electrons. The monoisotopic (exact) mass is 403 g/mol. The summed E-state index contributed by atoms with van der Waals surface area (Å²) >= 11 is 1.54. The fraction of sp³-hybridized carbons (Fsp3) is 0.368. The Morgan fingerprint density at radius 3 is 3.04 bits per heavy atom. The summed E-state index contributed by atoms with van der Waals surface area (Å²) in [4.78, 5) is 17.6. The molecule has 1 atom stereocenters. The largest absolute Gasteiger partial charge is 0.381 e. The van der Waals surface area contributed by atoms with Gasteiger partial charge in [0.25, 0.3) is 0 Å². The highest BCUT2D eigenvalue weighted by atomic mass is 32.2. The summed E-state index contributed by atoms with van der Waals surface area (Å²) < 4.78 is 19.8. The molecule has 1 fully saturated rings. The van der Waals surface area contributed by atoms with E-state index in [0.29, 0.717) is 19.0 Å². The number of rotatable bonds is 6. The van der Waals surface area contributed by atoms with Gasteiger partial charge in [-0.15, -0.1) is 11.3 Å². The molecule has 0 saturated carbocycles. The van der Waals surface area contributed by atoms with Crippen molar-refractivity contribution in [3.8, 4) is 0 Å². The van der Waals surface area contributed by atoms with Gasteiger partial charge >= 0.3 is 0 Å². The number of imidazole rings is 1. The highest BCUT2D eigenvalue weighted by Gasteiger charge is 2.20. The van der Waals surface area contributed by atoms with E-state index in [9.17, 15) is 9.00 Å². The Bertz CT molecular complexity index is 931. The second-order valence-electron chi connectivity index (χ2n) is 6.59. The molecule has 1 N–H and O–H groups in total. The lowest BCUT2D eigenvalue weighted by Crippen LogP contribution is -2.25. The maximum atomic E-state index is 12.6. The van der Waals surface area contributed by atoms with Crippen LogP contribution in [0.2, 0.25) is 0 Å². The summed E-state index contributed by atoms with van der Waals surface area (Å²) in [5.74, 6) is 0.398. The summed E-state index contributed by atoms with van der Waals surface area (Å²) in [5.41, 5.74) is 2.44. The number of benzene rings is 1. The Hall–Kier alpha value is -2.03. The molecule has 1 aliphatic heterocycles. The zero-order chi connectivity index (χ0) is 18.6. The molecule has 0 aliphatic carbocycles. The molecule has 1 saturated heterocycles. The smallest absolute Gasteiger partial charge is 0.230 e. The number of carbonyl (C=O) groups is 1. The van der Waals surface area contributed by atoms with E-state index in [1.54, 1.807) is 11.3 Å². The fourth-order valence-corrected chi connectivity index (χ4v) is 5.37. The molecule has 1 amide bonds. The number of anilines is 1. The molecular formula is C19H21N3O3S2. The third-order valence-electron chi connectivity index (χ3n) is 4.54. The fourth-order valence-electron chi connectivity index (χ4n) is 3.19. The van der Waals surface area contributed by atoms with Crippen LogP contribution in [-0.4, -0.2) is 38.0 Å². The van der Waals surface area contributed by atoms with Crippen LogP contribution in [0, 0.1) is 0 Å². The number of nitrogens with zero attached hydrogens (tertiary/aromatic N) is 2. The van der Waals surface area contributed by atoms with Crippen molar-refractivity contribution in [1.82, 2.24) is 9.38 Å². The summed E-state index contributed by atoms with van der Waals surface area (Å²) in [6, 6.07) is 7.60. The van der Waals surface area contributed by atoms with Crippen LogP contribution >= 0.6 is 11.3 Å². The van der Waals surface area contributed by atoms with Crippen LogP contribution < -0.4 is 5.32 Å². The van der Waals surface area contributed by atoms with E-state index in [0.717, 1.165) is 34.7 Å². The van der Waals surface area contributed by atoms with Crippen LogP contribution in [0.3, 0.4) is 0 Å². The molecule has 1 unspecified atom stereocenters. The molecule has 8 heteroatoms. The summed E-state index contributed by atoms with van der Waals surface area (Å²) in [7, 11) is -0.919. The van der Waals surface area contributed by atoms with Crippen molar-refractivity contribution < 1.29 is 13.7 Å².